The largest absolute Gasteiger partial charge is 0.324 e. The standard InChI is InChI=1S/C9H9N3O2/c1-12-8(13)7(11-9(12)14)6-3-2-4-10-5-6/h2-5,7H,1H3,(H,11,14). The van der Waals surface area contributed by atoms with Crippen LogP contribution in [0, 0.1) is 0 Å². The number of carbonyl (C=O) groups is 2. The molecule has 0 saturated carbocycles. The maximum Gasteiger partial charge on any atom is 0.324 e. The third-order valence-corrected chi connectivity index (χ3v) is 2.17. The van der Waals surface area contributed by atoms with Gasteiger partial charge in [-0.15, -0.1) is 0 Å². The minimum Gasteiger partial charge on any atom is -0.322 e. The fraction of sp³-hybridized carbons (Fsp3) is 0.222. The molecule has 1 fully saturated rings. The summed E-state index contributed by atoms with van der Waals surface area (Å²) in [5.41, 5.74) is 0.704. The number of nitrogens with zero attached hydrogens (tertiary/aromatic N) is 2. The molecule has 0 bridgehead atoms. The van der Waals surface area contributed by atoms with E-state index in [4.69, 9.17) is 0 Å². The number of hydrogen-bond donors (Lipinski definition) is 1. The summed E-state index contributed by atoms with van der Waals surface area (Å²) in [7, 11) is 1.45. The van der Waals surface area contributed by atoms with Gasteiger partial charge in [0.1, 0.15) is 6.04 Å². The van der Waals surface area contributed by atoms with E-state index < -0.39 is 6.04 Å². The van der Waals surface area contributed by atoms with Crippen molar-refractivity contribution in [3.63, 3.8) is 0 Å². The maximum atomic E-state index is 11.5. The van der Waals surface area contributed by atoms with Gasteiger partial charge in [0, 0.05) is 25.0 Å². The predicted molar refractivity (Wildman–Crippen MR) is 48.3 cm³/mol. The minimum atomic E-state index is -0.582. The number of nitrogens with one attached hydrogen (secondary N) is 1. The van der Waals surface area contributed by atoms with E-state index in [0.717, 1.165) is 4.90 Å². The quantitative estimate of drug-likeness (QED) is 0.649. The molecule has 2 rings (SSSR count). The highest BCUT2D eigenvalue weighted by Gasteiger charge is 2.36. The molecule has 5 nitrogen and oxygen atoms in total. The van der Waals surface area contributed by atoms with Crippen molar-refractivity contribution in [3.8, 4) is 0 Å². The Bertz CT molecular complexity index is 377. The Labute approximate surface area is 80.7 Å². The lowest BCUT2D eigenvalue weighted by Crippen LogP contribution is -2.25. The number of rotatable bonds is 1. The monoisotopic (exact) mass is 191 g/mol. The first-order chi connectivity index (χ1) is 6.70. The van der Waals surface area contributed by atoms with Gasteiger partial charge in [-0.3, -0.25) is 14.7 Å². The highest BCUT2D eigenvalue weighted by molar-refractivity contribution is 6.04. The van der Waals surface area contributed by atoms with Crippen LogP contribution in [0.1, 0.15) is 11.6 Å². The van der Waals surface area contributed by atoms with Gasteiger partial charge < -0.3 is 5.32 Å². The molecule has 3 amide bonds. The molecule has 2 heterocycles. The topological polar surface area (TPSA) is 62.3 Å². The Hall–Kier alpha value is -1.91. The molecule has 0 aliphatic carbocycles. The van der Waals surface area contributed by atoms with Gasteiger partial charge >= 0.3 is 6.03 Å². The number of imide groups is 1. The zero-order chi connectivity index (χ0) is 10.1. The van der Waals surface area contributed by atoms with Crippen LogP contribution in [0.3, 0.4) is 0 Å². The van der Waals surface area contributed by atoms with Gasteiger partial charge in [0.25, 0.3) is 5.91 Å². The summed E-state index contributed by atoms with van der Waals surface area (Å²) in [5, 5.41) is 2.57. The molecule has 1 unspecified atom stereocenters. The molecule has 5 heteroatoms. The van der Waals surface area contributed by atoms with Gasteiger partial charge in [-0.25, -0.2) is 4.79 Å². The van der Waals surface area contributed by atoms with Gasteiger partial charge in [0.15, 0.2) is 0 Å². The molecule has 0 aromatic carbocycles. The molecule has 1 aliphatic rings. The highest BCUT2D eigenvalue weighted by Crippen LogP contribution is 2.19. The summed E-state index contributed by atoms with van der Waals surface area (Å²) >= 11 is 0. The second kappa shape index (κ2) is 3.10. The number of carbonyl (C=O) groups excluding carboxylic acids is 2. The summed E-state index contributed by atoms with van der Waals surface area (Å²) in [6.45, 7) is 0. The minimum absolute atomic E-state index is 0.247. The van der Waals surface area contributed by atoms with Gasteiger partial charge in [-0.2, -0.15) is 0 Å². The van der Waals surface area contributed by atoms with Crippen molar-refractivity contribution >= 4 is 11.9 Å². The lowest BCUT2D eigenvalue weighted by Gasteiger charge is -2.06. The van der Waals surface area contributed by atoms with Gasteiger partial charge in [0.2, 0.25) is 0 Å². The van der Waals surface area contributed by atoms with E-state index in [9.17, 15) is 9.59 Å². The smallest absolute Gasteiger partial charge is 0.322 e. The second-order valence-electron chi connectivity index (χ2n) is 3.07. The lowest BCUT2D eigenvalue weighted by atomic mass is 10.1. The summed E-state index contributed by atoms with van der Waals surface area (Å²) in [5.74, 6) is -0.247. The van der Waals surface area contributed by atoms with Crippen LogP contribution >= 0.6 is 0 Å². The molecule has 0 radical (unpaired) electrons. The molecule has 14 heavy (non-hydrogen) atoms. The first-order valence-electron chi connectivity index (χ1n) is 4.18. The van der Waals surface area contributed by atoms with Crippen molar-refractivity contribution in [1.29, 1.82) is 0 Å². The van der Waals surface area contributed by atoms with Crippen molar-refractivity contribution in [2.45, 2.75) is 6.04 Å². The summed E-state index contributed by atoms with van der Waals surface area (Å²) in [4.78, 5) is 27.6. The molecule has 1 N–H and O–H groups in total. The molecule has 1 aliphatic heterocycles. The van der Waals surface area contributed by atoms with Crippen molar-refractivity contribution < 1.29 is 9.59 Å². The number of likely N-dealkylation sites (N-methyl/N-ethyl adjacent to an activating group) is 1. The van der Waals surface area contributed by atoms with Crippen LogP contribution in [0.4, 0.5) is 4.79 Å². The van der Waals surface area contributed by atoms with Crippen molar-refractivity contribution in [1.82, 2.24) is 15.2 Å². The normalized spacial score (nSPS) is 21.2. The van der Waals surface area contributed by atoms with E-state index in [-0.39, 0.29) is 11.9 Å². The van der Waals surface area contributed by atoms with Gasteiger partial charge in [-0.1, -0.05) is 6.07 Å². The van der Waals surface area contributed by atoms with Crippen molar-refractivity contribution in [2.24, 2.45) is 0 Å². The summed E-state index contributed by atoms with van der Waals surface area (Å²) in [6, 6.07) is 2.53. The van der Waals surface area contributed by atoms with Gasteiger partial charge in [0.05, 0.1) is 0 Å². The number of pyridine rings is 1. The van der Waals surface area contributed by atoms with Crippen LogP contribution in [0.15, 0.2) is 24.5 Å². The zero-order valence-electron chi connectivity index (χ0n) is 7.60. The third kappa shape index (κ3) is 1.22. The Morgan fingerprint density at radius 2 is 2.29 bits per heavy atom. The fourth-order valence-corrected chi connectivity index (χ4v) is 1.35. The Morgan fingerprint density at radius 3 is 2.79 bits per heavy atom. The molecule has 72 valence electrons. The van der Waals surface area contributed by atoms with Crippen LogP contribution in [-0.2, 0) is 4.79 Å². The molecule has 1 aromatic heterocycles. The number of urea groups is 1. The molecular formula is C9H9N3O2. The van der Waals surface area contributed by atoms with E-state index in [0.29, 0.717) is 5.56 Å². The van der Waals surface area contributed by atoms with E-state index in [1.54, 1.807) is 24.5 Å². The van der Waals surface area contributed by atoms with Crippen LogP contribution in [0.25, 0.3) is 0 Å². The second-order valence-corrected chi connectivity index (χ2v) is 3.07. The zero-order valence-corrected chi connectivity index (χ0v) is 7.60. The molecule has 1 saturated heterocycles. The van der Waals surface area contributed by atoms with Crippen LogP contribution in [0.5, 0.6) is 0 Å². The van der Waals surface area contributed by atoms with E-state index >= 15 is 0 Å². The van der Waals surface area contributed by atoms with Crippen molar-refractivity contribution in [2.75, 3.05) is 7.05 Å². The first-order valence-corrected chi connectivity index (χ1v) is 4.18. The SMILES string of the molecule is CN1C(=O)NC(c2cccnc2)C1=O. The molecular weight excluding hydrogens is 182 g/mol. The van der Waals surface area contributed by atoms with E-state index in [1.165, 1.54) is 7.05 Å². The number of aromatic nitrogens is 1. The highest BCUT2D eigenvalue weighted by atomic mass is 16.2. The Morgan fingerprint density at radius 1 is 1.50 bits per heavy atom. The summed E-state index contributed by atoms with van der Waals surface area (Å²) < 4.78 is 0. The van der Waals surface area contributed by atoms with E-state index in [1.807, 2.05) is 0 Å². The first kappa shape index (κ1) is 8.68. The Balaban J connectivity index is 2.30. The predicted octanol–water partition coefficient (Wildman–Crippen LogP) is 0.304. The molecule has 0 spiro atoms. The van der Waals surface area contributed by atoms with Crippen LogP contribution < -0.4 is 5.32 Å². The summed E-state index contributed by atoms with van der Waals surface area (Å²) in [6.07, 6.45) is 3.19. The van der Waals surface area contributed by atoms with Gasteiger partial charge in [-0.05, 0) is 6.07 Å². The maximum absolute atomic E-state index is 11.5. The fourth-order valence-electron chi connectivity index (χ4n) is 1.35. The van der Waals surface area contributed by atoms with Crippen molar-refractivity contribution in [3.05, 3.63) is 30.1 Å². The lowest BCUT2D eigenvalue weighted by molar-refractivity contribution is -0.126. The van der Waals surface area contributed by atoms with Crippen LogP contribution in [0.2, 0.25) is 0 Å². The molecule has 1 atom stereocenters. The third-order valence-electron chi connectivity index (χ3n) is 2.17. The number of hydrogen-bond acceptors (Lipinski definition) is 3. The average molecular weight is 191 g/mol. The Kier molecular flexibility index (Phi) is 1.92. The molecule has 1 aromatic rings. The average Bonchev–Trinajstić information content (AvgIpc) is 2.47. The van der Waals surface area contributed by atoms with Crippen LogP contribution in [-0.4, -0.2) is 28.9 Å². The van der Waals surface area contributed by atoms with E-state index in [2.05, 4.69) is 10.3 Å². The number of amides is 3.